The molecule has 1 heterocycles. The highest BCUT2D eigenvalue weighted by Crippen LogP contribution is 2.16. The zero-order valence-corrected chi connectivity index (χ0v) is 9.34. The van der Waals surface area contributed by atoms with Gasteiger partial charge in [-0.05, 0) is 18.5 Å². The van der Waals surface area contributed by atoms with E-state index in [1.54, 1.807) is 14.0 Å². The second-order valence-corrected chi connectivity index (χ2v) is 4.45. The van der Waals surface area contributed by atoms with Gasteiger partial charge in [0, 0.05) is 13.6 Å². The van der Waals surface area contributed by atoms with Gasteiger partial charge in [0.2, 0.25) is 9.47 Å². The maximum absolute atomic E-state index is 11.6. The molecule has 0 aliphatic carbocycles. The van der Waals surface area contributed by atoms with Crippen molar-refractivity contribution in [1.29, 1.82) is 0 Å². The molecule has 1 aromatic heterocycles. The summed E-state index contributed by atoms with van der Waals surface area (Å²) >= 11 is 6.56. The molecule has 1 N–H and O–H groups in total. The van der Waals surface area contributed by atoms with Crippen molar-refractivity contribution in [2.45, 2.75) is 13.0 Å². The van der Waals surface area contributed by atoms with E-state index in [0.717, 1.165) is 11.3 Å². The number of rotatable bonds is 3. The normalized spacial score (nSPS) is 12.6. The molecular formula is C7H10ClN3O2S. The average Bonchev–Trinajstić information content (AvgIpc) is 2.49. The molecule has 78 valence electrons. The van der Waals surface area contributed by atoms with Gasteiger partial charge in [0.15, 0.2) is 0 Å². The number of carbonyl (C=O) groups is 1. The first-order valence-electron chi connectivity index (χ1n) is 3.93. The number of hydrogen-bond acceptors (Lipinski definition) is 5. The van der Waals surface area contributed by atoms with E-state index in [-0.39, 0.29) is 21.9 Å². The van der Waals surface area contributed by atoms with Gasteiger partial charge in [0.25, 0.3) is 5.91 Å². The van der Waals surface area contributed by atoms with Gasteiger partial charge < -0.3 is 10.0 Å². The van der Waals surface area contributed by atoms with Crippen molar-refractivity contribution in [3.05, 3.63) is 9.47 Å². The van der Waals surface area contributed by atoms with Crippen molar-refractivity contribution in [3.63, 3.8) is 0 Å². The quantitative estimate of drug-likeness (QED) is 0.835. The van der Waals surface area contributed by atoms with E-state index in [2.05, 4.69) is 10.2 Å². The van der Waals surface area contributed by atoms with Crippen LogP contribution in [-0.4, -0.2) is 45.8 Å². The van der Waals surface area contributed by atoms with Gasteiger partial charge in [0.1, 0.15) is 0 Å². The van der Waals surface area contributed by atoms with E-state index in [1.165, 1.54) is 4.90 Å². The number of nitrogens with zero attached hydrogens (tertiary/aromatic N) is 3. The highest BCUT2D eigenvalue weighted by molar-refractivity contribution is 7.17. The Labute approximate surface area is 90.3 Å². The van der Waals surface area contributed by atoms with Crippen LogP contribution in [0.4, 0.5) is 0 Å². The fourth-order valence-electron chi connectivity index (χ4n) is 0.934. The van der Waals surface area contributed by atoms with Gasteiger partial charge in [-0.2, -0.15) is 0 Å². The van der Waals surface area contributed by atoms with Gasteiger partial charge in [-0.25, -0.2) is 0 Å². The Morgan fingerprint density at radius 1 is 1.71 bits per heavy atom. The van der Waals surface area contributed by atoms with Crippen molar-refractivity contribution in [3.8, 4) is 0 Å². The number of carbonyl (C=O) groups excluding carboxylic acids is 1. The Balaban J connectivity index is 2.65. The van der Waals surface area contributed by atoms with Gasteiger partial charge in [0.05, 0.1) is 6.10 Å². The second kappa shape index (κ2) is 4.68. The summed E-state index contributed by atoms with van der Waals surface area (Å²) in [6.07, 6.45) is -0.563. The fraction of sp³-hybridized carbons (Fsp3) is 0.571. The van der Waals surface area contributed by atoms with Crippen molar-refractivity contribution >= 4 is 28.8 Å². The van der Waals surface area contributed by atoms with E-state index in [9.17, 15) is 4.79 Å². The van der Waals surface area contributed by atoms with E-state index in [4.69, 9.17) is 16.7 Å². The molecule has 0 aliphatic rings. The highest BCUT2D eigenvalue weighted by atomic mass is 35.5. The SMILES string of the molecule is CC(O)CN(C)C(=O)c1nnc(Cl)s1. The van der Waals surface area contributed by atoms with E-state index in [0.29, 0.717) is 0 Å². The Morgan fingerprint density at radius 2 is 2.36 bits per heavy atom. The molecule has 0 bridgehead atoms. The highest BCUT2D eigenvalue weighted by Gasteiger charge is 2.17. The number of amides is 1. The molecule has 1 atom stereocenters. The maximum atomic E-state index is 11.6. The van der Waals surface area contributed by atoms with Gasteiger partial charge in [-0.3, -0.25) is 4.79 Å². The molecule has 0 fully saturated rings. The summed E-state index contributed by atoms with van der Waals surface area (Å²) in [7, 11) is 1.59. The Bertz CT molecular complexity index is 328. The minimum atomic E-state index is -0.563. The summed E-state index contributed by atoms with van der Waals surface area (Å²) < 4.78 is 0.235. The summed E-state index contributed by atoms with van der Waals surface area (Å²) in [5.41, 5.74) is 0. The van der Waals surface area contributed by atoms with Gasteiger partial charge in [-0.15, -0.1) is 10.2 Å². The summed E-state index contributed by atoms with van der Waals surface area (Å²) in [5.74, 6) is -0.282. The molecular weight excluding hydrogens is 226 g/mol. The van der Waals surface area contributed by atoms with Crippen molar-refractivity contribution in [1.82, 2.24) is 15.1 Å². The van der Waals surface area contributed by atoms with Crippen molar-refractivity contribution in [2.24, 2.45) is 0 Å². The lowest BCUT2D eigenvalue weighted by Gasteiger charge is -2.16. The van der Waals surface area contributed by atoms with Crippen molar-refractivity contribution in [2.75, 3.05) is 13.6 Å². The first-order valence-corrected chi connectivity index (χ1v) is 5.12. The summed E-state index contributed by atoms with van der Waals surface area (Å²) in [4.78, 5) is 12.9. The molecule has 1 unspecified atom stereocenters. The molecule has 5 nitrogen and oxygen atoms in total. The average molecular weight is 236 g/mol. The van der Waals surface area contributed by atoms with Crippen LogP contribution in [0.1, 0.15) is 16.7 Å². The number of halogens is 1. The van der Waals surface area contributed by atoms with Crippen LogP contribution in [0.5, 0.6) is 0 Å². The zero-order valence-electron chi connectivity index (χ0n) is 7.77. The lowest BCUT2D eigenvalue weighted by atomic mass is 10.4. The lowest BCUT2D eigenvalue weighted by Crippen LogP contribution is -2.32. The number of aliphatic hydroxyl groups excluding tert-OH is 1. The zero-order chi connectivity index (χ0) is 10.7. The molecule has 7 heteroatoms. The number of aromatic nitrogens is 2. The van der Waals surface area contributed by atoms with E-state index >= 15 is 0 Å². The maximum Gasteiger partial charge on any atom is 0.284 e. The third kappa shape index (κ3) is 2.90. The molecule has 0 radical (unpaired) electrons. The van der Waals surface area contributed by atoms with Crippen LogP contribution in [0.2, 0.25) is 4.47 Å². The Morgan fingerprint density at radius 3 is 2.79 bits per heavy atom. The Kier molecular flexibility index (Phi) is 3.79. The van der Waals surface area contributed by atoms with E-state index < -0.39 is 6.10 Å². The standard InChI is InChI=1S/C7H10ClN3O2S/c1-4(12)3-11(2)6(13)5-9-10-7(8)14-5/h4,12H,3H2,1-2H3. The monoisotopic (exact) mass is 235 g/mol. The minimum Gasteiger partial charge on any atom is -0.392 e. The van der Waals surface area contributed by atoms with E-state index in [1.807, 2.05) is 0 Å². The second-order valence-electron chi connectivity index (χ2n) is 2.89. The van der Waals surface area contributed by atoms with Crippen LogP contribution in [0, 0.1) is 0 Å². The first-order chi connectivity index (χ1) is 6.50. The number of aliphatic hydroxyl groups is 1. The topological polar surface area (TPSA) is 66.3 Å². The predicted molar refractivity (Wildman–Crippen MR) is 53.6 cm³/mol. The van der Waals surface area contributed by atoms with Crippen LogP contribution in [0.3, 0.4) is 0 Å². The third-order valence-electron chi connectivity index (χ3n) is 1.47. The first kappa shape index (κ1) is 11.4. The number of hydrogen-bond donors (Lipinski definition) is 1. The molecule has 0 saturated heterocycles. The summed E-state index contributed by atoms with van der Waals surface area (Å²) in [6, 6.07) is 0. The largest absolute Gasteiger partial charge is 0.392 e. The summed E-state index contributed by atoms with van der Waals surface area (Å²) in [6.45, 7) is 1.87. The van der Waals surface area contributed by atoms with Crippen LogP contribution in [0.15, 0.2) is 0 Å². The molecule has 0 aliphatic heterocycles. The van der Waals surface area contributed by atoms with Crippen molar-refractivity contribution < 1.29 is 9.90 Å². The third-order valence-corrected chi connectivity index (χ3v) is 2.47. The Hall–Kier alpha value is -0.720. The molecule has 0 spiro atoms. The predicted octanol–water partition coefficient (Wildman–Crippen LogP) is 0.644. The lowest BCUT2D eigenvalue weighted by molar-refractivity contribution is 0.0702. The van der Waals surface area contributed by atoms with Crippen LogP contribution in [-0.2, 0) is 0 Å². The van der Waals surface area contributed by atoms with Crippen LogP contribution >= 0.6 is 22.9 Å². The summed E-state index contributed by atoms with van der Waals surface area (Å²) in [5, 5.41) is 16.4. The minimum absolute atomic E-state index is 0.234. The molecule has 1 rings (SSSR count). The van der Waals surface area contributed by atoms with Crippen LogP contribution in [0.25, 0.3) is 0 Å². The van der Waals surface area contributed by atoms with Gasteiger partial charge >= 0.3 is 0 Å². The number of likely N-dealkylation sites (N-methyl/N-ethyl adjacent to an activating group) is 1. The molecule has 14 heavy (non-hydrogen) atoms. The fourth-order valence-corrected chi connectivity index (χ4v) is 1.76. The molecule has 0 saturated carbocycles. The van der Waals surface area contributed by atoms with Gasteiger partial charge in [-0.1, -0.05) is 11.3 Å². The molecule has 0 aromatic carbocycles. The molecule has 1 aromatic rings. The molecule has 1 amide bonds. The van der Waals surface area contributed by atoms with Crippen LogP contribution < -0.4 is 0 Å². The smallest absolute Gasteiger partial charge is 0.284 e.